The fourth-order valence-electron chi connectivity index (χ4n) is 4.65. The molecule has 0 radical (unpaired) electrons. The summed E-state index contributed by atoms with van der Waals surface area (Å²) in [5.41, 5.74) is 2.35. The number of benzene rings is 2. The first-order chi connectivity index (χ1) is 15.5. The molecule has 2 atom stereocenters. The first-order valence-electron chi connectivity index (χ1n) is 11.0. The molecule has 1 saturated heterocycles. The quantitative estimate of drug-likeness (QED) is 0.556. The average Bonchev–Trinajstić information content (AvgIpc) is 2.69. The second-order valence-corrected chi connectivity index (χ2v) is 11.5. The molecule has 1 N–H and O–H groups in total. The number of sulfonamides is 1. The highest BCUT2D eigenvalue weighted by molar-refractivity contribution is 7.89. The van der Waals surface area contributed by atoms with E-state index in [0.29, 0.717) is 28.7 Å². The van der Waals surface area contributed by atoms with Gasteiger partial charge in [-0.15, -0.1) is 0 Å². The van der Waals surface area contributed by atoms with Gasteiger partial charge in [0.1, 0.15) is 0 Å². The Morgan fingerprint density at radius 1 is 1.03 bits per heavy atom. The molecule has 0 aliphatic carbocycles. The van der Waals surface area contributed by atoms with E-state index < -0.39 is 16.0 Å². The minimum atomic E-state index is -3.75. The second-order valence-electron chi connectivity index (χ2n) is 8.87. The van der Waals surface area contributed by atoms with Gasteiger partial charge in [-0.1, -0.05) is 35.3 Å². The van der Waals surface area contributed by atoms with Crippen molar-refractivity contribution >= 4 is 39.2 Å². The molecular formula is C24H30Cl2N2O4S. The Hall–Kier alpha value is -1.64. The van der Waals surface area contributed by atoms with Crippen molar-refractivity contribution in [3.05, 3.63) is 63.1 Å². The van der Waals surface area contributed by atoms with E-state index in [1.54, 1.807) is 29.4 Å². The average molecular weight is 513 g/mol. The number of piperazine rings is 1. The summed E-state index contributed by atoms with van der Waals surface area (Å²) < 4.78 is 28.6. The Bertz CT molecular complexity index is 1110. The first-order valence-corrected chi connectivity index (χ1v) is 13.2. The van der Waals surface area contributed by atoms with Crippen molar-refractivity contribution in [2.45, 2.75) is 57.0 Å². The molecule has 1 fully saturated rings. The van der Waals surface area contributed by atoms with Crippen molar-refractivity contribution in [2.24, 2.45) is 0 Å². The standard InChI is InChI=1S/C24H30Cl2N2O4S/c1-16-9-20(13-24(29)30)11-21(10-16)33(31,32)28-17(2)14-27(15-18(28)3)8-4-5-19-6-7-22(25)23(26)12-19/h6-7,9-12,17-18H,4-5,8,13-15H2,1-3H3,(H,29,30). The molecule has 33 heavy (non-hydrogen) atoms. The molecule has 3 rings (SSSR count). The number of hydrogen-bond donors (Lipinski definition) is 1. The van der Waals surface area contributed by atoms with Crippen LogP contribution in [0.1, 0.15) is 37.0 Å². The van der Waals surface area contributed by atoms with Crippen LogP contribution in [0.2, 0.25) is 10.0 Å². The predicted octanol–water partition coefficient (Wildman–Crippen LogP) is 4.65. The van der Waals surface area contributed by atoms with Crippen LogP contribution < -0.4 is 0 Å². The van der Waals surface area contributed by atoms with Gasteiger partial charge in [0.15, 0.2) is 0 Å². The van der Waals surface area contributed by atoms with Crippen LogP contribution in [0.25, 0.3) is 0 Å². The highest BCUT2D eigenvalue weighted by atomic mass is 35.5. The van der Waals surface area contributed by atoms with Crippen LogP contribution in [0.15, 0.2) is 41.3 Å². The van der Waals surface area contributed by atoms with Crippen molar-refractivity contribution in [2.75, 3.05) is 19.6 Å². The maximum absolute atomic E-state index is 13.5. The fraction of sp³-hybridized carbons (Fsp3) is 0.458. The number of carboxylic acid groups (broad SMARTS) is 1. The summed E-state index contributed by atoms with van der Waals surface area (Å²) >= 11 is 12.1. The number of rotatable bonds is 8. The maximum atomic E-state index is 13.5. The Morgan fingerprint density at radius 2 is 1.70 bits per heavy atom. The van der Waals surface area contributed by atoms with E-state index in [-0.39, 0.29) is 23.4 Å². The zero-order chi connectivity index (χ0) is 24.3. The van der Waals surface area contributed by atoms with Crippen molar-refractivity contribution in [1.29, 1.82) is 0 Å². The third-order valence-electron chi connectivity index (χ3n) is 5.88. The number of carbonyl (C=O) groups is 1. The lowest BCUT2D eigenvalue weighted by Crippen LogP contribution is -2.58. The van der Waals surface area contributed by atoms with Crippen molar-refractivity contribution in [3.8, 4) is 0 Å². The van der Waals surface area contributed by atoms with Crippen LogP contribution in [-0.4, -0.2) is 60.4 Å². The van der Waals surface area contributed by atoms with E-state index >= 15 is 0 Å². The van der Waals surface area contributed by atoms with Crippen LogP contribution in [0, 0.1) is 6.92 Å². The van der Waals surface area contributed by atoms with Crippen LogP contribution in [-0.2, 0) is 27.7 Å². The van der Waals surface area contributed by atoms with E-state index in [1.807, 2.05) is 26.0 Å². The SMILES string of the molecule is Cc1cc(CC(=O)O)cc(S(=O)(=O)N2C(C)CN(CCCc3ccc(Cl)c(Cl)c3)CC2C)c1. The Balaban J connectivity index is 1.67. The summed E-state index contributed by atoms with van der Waals surface area (Å²) in [7, 11) is -3.75. The zero-order valence-corrected chi connectivity index (χ0v) is 21.4. The monoisotopic (exact) mass is 512 g/mol. The number of aryl methyl sites for hydroxylation is 2. The minimum absolute atomic E-state index is 0.158. The normalized spacial score (nSPS) is 20.2. The molecule has 0 bridgehead atoms. The van der Waals surface area contributed by atoms with Crippen molar-refractivity contribution in [3.63, 3.8) is 0 Å². The van der Waals surface area contributed by atoms with E-state index in [0.717, 1.165) is 30.5 Å². The molecule has 2 aromatic carbocycles. The summed E-state index contributed by atoms with van der Waals surface area (Å²) in [5, 5.41) is 10.2. The number of aliphatic carboxylic acids is 1. The molecular weight excluding hydrogens is 483 g/mol. The smallest absolute Gasteiger partial charge is 0.307 e. The number of carboxylic acids is 1. The fourth-order valence-corrected chi connectivity index (χ4v) is 6.93. The third kappa shape index (κ3) is 6.49. The van der Waals surface area contributed by atoms with Crippen LogP contribution >= 0.6 is 23.2 Å². The van der Waals surface area contributed by atoms with Gasteiger partial charge < -0.3 is 10.0 Å². The number of hydrogen-bond acceptors (Lipinski definition) is 4. The molecule has 1 aliphatic rings. The molecule has 0 aromatic heterocycles. The lowest BCUT2D eigenvalue weighted by molar-refractivity contribution is -0.136. The number of nitrogens with zero attached hydrogens (tertiary/aromatic N) is 2. The van der Waals surface area contributed by atoms with Gasteiger partial charge in [-0.3, -0.25) is 4.79 Å². The topological polar surface area (TPSA) is 77.9 Å². The summed E-state index contributed by atoms with van der Waals surface area (Å²) in [5.74, 6) is -0.986. The maximum Gasteiger partial charge on any atom is 0.307 e. The van der Waals surface area contributed by atoms with E-state index in [4.69, 9.17) is 28.3 Å². The van der Waals surface area contributed by atoms with Gasteiger partial charge in [-0.2, -0.15) is 4.31 Å². The van der Waals surface area contributed by atoms with E-state index in [9.17, 15) is 13.2 Å². The molecule has 6 nitrogen and oxygen atoms in total. The van der Waals surface area contributed by atoms with E-state index in [2.05, 4.69) is 4.90 Å². The second kappa shape index (κ2) is 10.7. The Labute approximate surface area is 206 Å². The molecule has 0 amide bonds. The van der Waals surface area contributed by atoms with Gasteiger partial charge in [0.25, 0.3) is 0 Å². The molecule has 180 valence electrons. The summed E-state index contributed by atoms with van der Waals surface area (Å²) in [4.78, 5) is 13.6. The number of halogens is 2. The summed E-state index contributed by atoms with van der Waals surface area (Å²) in [6.45, 7) is 7.76. The van der Waals surface area contributed by atoms with Gasteiger partial charge in [0, 0.05) is 25.2 Å². The van der Waals surface area contributed by atoms with Crippen LogP contribution in [0.5, 0.6) is 0 Å². The first kappa shape index (κ1) is 26.0. The highest BCUT2D eigenvalue weighted by Crippen LogP contribution is 2.27. The lowest BCUT2D eigenvalue weighted by atomic mass is 10.1. The third-order valence-corrected chi connectivity index (χ3v) is 8.72. The largest absolute Gasteiger partial charge is 0.481 e. The van der Waals surface area contributed by atoms with Crippen LogP contribution in [0.3, 0.4) is 0 Å². The van der Waals surface area contributed by atoms with Gasteiger partial charge in [0.2, 0.25) is 10.0 Å². The summed E-state index contributed by atoms with van der Waals surface area (Å²) in [6.07, 6.45) is 1.59. The molecule has 1 aliphatic heterocycles. The van der Waals surface area contributed by atoms with Crippen LogP contribution in [0.4, 0.5) is 0 Å². The predicted molar refractivity (Wildman–Crippen MR) is 132 cm³/mol. The lowest BCUT2D eigenvalue weighted by Gasteiger charge is -2.43. The van der Waals surface area contributed by atoms with Gasteiger partial charge >= 0.3 is 5.97 Å². The van der Waals surface area contributed by atoms with Gasteiger partial charge in [0.05, 0.1) is 21.4 Å². The zero-order valence-electron chi connectivity index (χ0n) is 19.1. The minimum Gasteiger partial charge on any atom is -0.481 e. The Kier molecular flexibility index (Phi) is 8.45. The van der Waals surface area contributed by atoms with Crippen molar-refractivity contribution < 1.29 is 18.3 Å². The highest BCUT2D eigenvalue weighted by Gasteiger charge is 2.38. The van der Waals surface area contributed by atoms with Gasteiger partial charge in [-0.05, 0) is 81.1 Å². The molecule has 2 unspecified atom stereocenters. The summed E-state index contributed by atoms with van der Waals surface area (Å²) in [6, 6.07) is 10.1. The van der Waals surface area contributed by atoms with Gasteiger partial charge in [-0.25, -0.2) is 8.42 Å². The molecule has 9 heteroatoms. The van der Waals surface area contributed by atoms with E-state index in [1.165, 1.54) is 6.07 Å². The molecule has 2 aromatic rings. The van der Waals surface area contributed by atoms with Crippen molar-refractivity contribution in [1.82, 2.24) is 9.21 Å². The Morgan fingerprint density at radius 3 is 2.30 bits per heavy atom. The molecule has 1 heterocycles. The molecule has 0 spiro atoms. The molecule has 0 saturated carbocycles.